The zero-order valence-corrected chi connectivity index (χ0v) is 10.6. The number of nitrogens with one attached hydrogen (secondary N) is 2. The third-order valence-electron chi connectivity index (χ3n) is 4.03. The predicted octanol–water partition coefficient (Wildman–Crippen LogP) is 2.14. The summed E-state index contributed by atoms with van der Waals surface area (Å²) in [6.07, 6.45) is 7.01. The smallest absolute Gasteiger partial charge is 0.191 e. The van der Waals surface area contributed by atoms with Gasteiger partial charge in [0.05, 0.1) is 6.54 Å². The number of guanidine groups is 1. The monoisotopic (exact) mass is 223 g/mol. The minimum atomic E-state index is 0.510. The lowest BCUT2D eigenvalue weighted by atomic mass is 9.78. The molecule has 92 valence electrons. The predicted molar refractivity (Wildman–Crippen MR) is 68.6 cm³/mol. The molecule has 1 fully saturated rings. The number of hydrogen-bond acceptors (Lipinski definition) is 3. The fourth-order valence-electron chi connectivity index (χ4n) is 2.98. The summed E-state index contributed by atoms with van der Waals surface area (Å²) < 4.78 is 0. The highest BCUT2D eigenvalue weighted by molar-refractivity contribution is 5.81. The van der Waals surface area contributed by atoms with E-state index in [1.165, 1.54) is 32.1 Å². The summed E-state index contributed by atoms with van der Waals surface area (Å²) in [5, 5.41) is 6.85. The van der Waals surface area contributed by atoms with Gasteiger partial charge in [-0.05, 0) is 25.2 Å². The van der Waals surface area contributed by atoms with Gasteiger partial charge in [-0.3, -0.25) is 4.99 Å². The highest BCUT2D eigenvalue weighted by atomic mass is 15.2. The van der Waals surface area contributed by atoms with Gasteiger partial charge in [0.25, 0.3) is 0 Å². The van der Waals surface area contributed by atoms with E-state index in [-0.39, 0.29) is 0 Å². The molecule has 3 nitrogen and oxygen atoms in total. The first kappa shape index (κ1) is 11.7. The van der Waals surface area contributed by atoms with Crippen molar-refractivity contribution in [1.82, 2.24) is 10.6 Å². The first-order chi connectivity index (χ1) is 7.79. The van der Waals surface area contributed by atoms with Gasteiger partial charge >= 0.3 is 0 Å². The Hall–Kier alpha value is -0.730. The summed E-state index contributed by atoms with van der Waals surface area (Å²) in [5.41, 5.74) is 0. The number of rotatable bonds is 3. The number of nitrogens with zero attached hydrogens (tertiary/aromatic N) is 1. The van der Waals surface area contributed by atoms with Crippen molar-refractivity contribution in [2.24, 2.45) is 16.8 Å². The van der Waals surface area contributed by atoms with Crippen molar-refractivity contribution in [3.05, 3.63) is 0 Å². The van der Waals surface area contributed by atoms with Crippen molar-refractivity contribution in [3.63, 3.8) is 0 Å². The molecule has 1 heterocycles. The van der Waals surface area contributed by atoms with E-state index < -0.39 is 0 Å². The lowest BCUT2D eigenvalue weighted by Crippen LogP contribution is -2.41. The normalized spacial score (nSPS) is 34.4. The molecule has 0 aromatic heterocycles. The summed E-state index contributed by atoms with van der Waals surface area (Å²) in [6.45, 7) is 6.53. The summed E-state index contributed by atoms with van der Waals surface area (Å²) in [7, 11) is 0. The largest absolute Gasteiger partial charge is 0.356 e. The second-order valence-corrected chi connectivity index (χ2v) is 5.33. The lowest BCUT2D eigenvalue weighted by Gasteiger charge is -2.31. The first-order valence-corrected chi connectivity index (χ1v) is 6.84. The van der Waals surface area contributed by atoms with Gasteiger partial charge < -0.3 is 10.6 Å². The average molecular weight is 223 g/mol. The van der Waals surface area contributed by atoms with Gasteiger partial charge in [-0.1, -0.05) is 32.6 Å². The first-order valence-electron chi connectivity index (χ1n) is 6.84. The van der Waals surface area contributed by atoms with Gasteiger partial charge in [0, 0.05) is 12.6 Å². The van der Waals surface area contributed by atoms with Crippen LogP contribution in [-0.2, 0) is 0 Å². The van der Waals surface area contributed by atoms with Crippen LogP contribution in [0.1, 0.15) is 46.0 Å². The van der Waals surface area contributed by atoms with Crippen LogP contribution < -0.4 is 10.6 Å². The quantitative estimate of drug-likeness (QED) is 0.769. The van der Waals surface area contributed by atoms with E-state index in [2.05, 4.69) is 29.5 Å². The summed E-state index contributed by atoms with van der Waals surface area (Å²) in [6, 6.07) is 0.510. The second-order valence-electron chi connectivity index (χ2n) is 5.33. The van der Waals surface area contributed by atoms with E-state index in [1.54, 1.807) is 0 Å². The lowest BCUT2D eigenvalue weighted by molar-refractivity contribution is 0.231. The summed E-state index contributed by atoms with van der Waals surface area (Å²) >= 11 is 0. The fraction of sp³-hybridized carbons (Fsp3) is 0.923. The molecule has 1 saturated carbocycles. The number of hydrogen-bond donors (Lipinski definition) is 2. The maximum absolute atomic E-state index is 4.45. The molecule has 16 heavy (non-hydrogen) atoms. The van der Waals surface area contributed by atoms with Gasteiger partial charge in [-0.15, -0.1) is 0 Å². The summed E-state index contributed by atoms with van der Waals surface area (Å²) in [4.78, 5) is 4.45. The molecule has 2 rings (SSSR count). The SMILES string of the molecule is CCC1CCCCC1CNC1=NCC(C)N1. The van der Waals surface area contributed by atoms with E-state index in [0.717, 1.165) is 30.9 Å². The van der Waals surface area contributed by atoms with E-state index >= 15 is 0 Å². The van der Waals surface area contributed by atoms with Crippen LogP contribution in [0.5, 0.6) is 0 Å². The molecule has 3 heteroatoms. The molecule has 3 unspecified atom stereocenters. The van der Waals surface area contributed by atoms with Crippen LogP contribution >= 0.6 is 0 Å². The molecule has 2 N–H and O–H groups in total. The zero-order chi connectivity index (χ0) is 11.4. The molecule has 0 aromatic carbocycles. The van der Waals surface area contributed by atoms with Crippen LogP contribution in [0.15, 0.2) is 4.99 Å². The third kappa shape index (κ3) is 2.89. The van der Waals surface area contributed by atoms with Crippen LogP contribution in [0.25, 0.3) is 0 Å². The fourth-order valence-corrected chi connectivity index (χ4v) is 2.98. The van der Waals surface area contributed by atoms with Crippen LogP contribution in [0.4, 0.5) is 0 Å². The van der Waals surface area contributed by atoms with Gasteiger partial charge in [-0.25, -0.2) is 0 Å². The molecule has 0 spiro atoms. The Kier molecular flexibility index (Phi) is 4.08. The maximum atomic E-state index is 4.45. The summed E-state index contributed by atoms with van der Waals surface area (Å²) in [5.74, 6) is 2.81. The Morgan fingerprint density at radius 1 is 1.31 bits per heavy atom. The average Bonchev–Trinajstić information content (AvgIpc) is 2.73. The van der Waals surface area contributed by atoms with E-state index in [1.807, 2.05) is 0 Å². The van der Waals surface area contributed by atoms with E-state index in [0.29, 0.717) is 6.04 Å². The minimum absolute atomic E-state index is 0.510. The van der Waals surface area contributed by atoms with E-state index in [9.17, 15) is 0 Å². The molecule has 1 aliphatic heterocycles. The van der Waals surface area contributed by atoms with Gasteiger partial charge in [-0.2, -0.15) is 0 Å². The number of aliphatic imine (C=N–C) groups is 1. The van der Waals surface area contributed by atoms with Crippen LogP contribution in [-0.4, -0.2) is 25.1 Å². The minimum Gasteiger partial charge on any atom is -0.356 e. The second kappa shape index (κ2) is 5.55. The van der Waals surface area contributed by atoms with Gasteiger partial charge in [0.15, 0.2) is 5.96 Å². The topological polar surface area (TPSA) is 36.4 Å². The van der Waals surface area contributed by atoms with Crippen molar-refractivity contribution in [3.8, 4) is 0 Å². The highest BCUT2D eigenvalue weighted by Crippen LogP contribution is 2.31. The molecular weight excluding hydrogens is 198 g/mol. The Balaban J connectivity index is 1.75. The standard InChI is InChI=1S/C13H25N3/c1-3-11-6-4-5-7-12(11)9-15-13-14-8-10(2)16-13/h10-12H,3-9H2,1-2H3,(H2,14,15,16). The van der Waals surface area contributed by atoms with Gasteiger partial charge in [0.1, 0.15) is 0 Å². The Labute approximate surface area is 99.1 Å². The molecule has 3 atom stereocenters. The Bertz CT molecular complexity index is 250. The molecule has 0 amide bonds. The van der Waals surface area contributed by atoms with Crippen LogP contribution in [0.2, 0.25) is 0 Å². The molecule has 0 saturated heterocycles. The Morgan fingerprint density at radius 2 is 2.06 bits per heavy atom. The highest BCUT2D eigenvalue weighted by Gasteiger charge is 2.24. The van der Waals surface area contributed by atoms with Crippen molar-refractivity contribution < 1.29 is 0 Å². The molecule has 1 aliphatic carbocycles. The molecular formula is C13H25N3. The molecule has 2 aliphatic rings. The van der Waals surface area contributed by atoms with Crippen molar-refractivity contribution in [2.75, 3.05) is 13.1 Å². The third-order valence-corrected chi connectivity index (χ3v) is 4.03. The van der Waals surface area contributed by atoms with Crippen molar-refractivity contribution in [2.45, 2.75) is 52.0 Å². The Morgan fingerprint density at radius 3 is 2.69 bits per heavy atom. The van der Waals surface area contributed by atoms with Gasteiger partial charge in [0.2, 0.25) is 0 Å². The van der Waals surface area contributed by atoms with Crippen LogP contribution in [0, 0.1) is 11.8 Å². The molecule has 0 bridgehead atoms. The maximum Gasteiger partial charge on any atom is 0.191 e. The van der Waals surface area contributed by atoms with Crippen molar-refractivity contribution in [1.29, 1.82) is 0 Å². The molecule has 0 radical (unpaired) electrons. The van der Waals surface area contributed by atoms with Crippen LogP contribution in [0.3, 0.4) is 0 Å². The van der Waals surface area contributed by atoms with E-state index in [4.69, 9.17) is 0 Å². The van der Waals surface area contributed by atoms with Crippen molar-refractivity contribution >= 4 is 5.96 Å². The molecule has 0 aromatic rings. The zero-order valence-electron chi connectivity index (χ0n) is 10.6.